The third kappa shape index (κ3) is 3.18. The van der Waals surface area contributed by atoms with Crippen molar-refractivity contribution in [3.8, 4) is 0 Å². The summed E-state index contributed by atoms with van der Waals surface area (Å²) in [7, 11) is -3.52. The van der Waals surface area contributed by atoms with Crippen LogP contribution in [0.4, 0.5) is 0 Å². The Morgan fingerprint density at radius 2 is 2.00 bits per heavy atom. The van der Waals surface area contributed by atoms with Crippen LogP contribution in [0.5, 0.6) is 0 Å². The van der Waals surface area contributed by atoms with Crippen LogP contribution in [0.3, 0.4) is 0 Å². The van der Waals surface area contributed by atoms with Crippen LogP contribution in [0.15, 0.2) is 44.2 Å². The Kier molecular flexibility index (Phi) is 3.84. The molecule has 96 valence electrons. The SMILES string of the molecule is Cc1cc(CNS(=O)(=O)c2ccc(Br)cc2)no1. The van der Waals surface area contributed by atoms with Crippen molar-refractivity contribution in [1.29, 1.82) is 0 Å². The van der Waals surface area contributed by atoms with Crippen LogP contribution in [0.25, 0.3) is 0 Å². The number of halogens is 1. The lowest BCUT2D eigenvalue weighted by Crippen LogP contribution is -2.23. The van der Waals surface area contributed by atoms with E-state index in [1.165, 1.54) is 12.1 Å². The van der Waals surface area contributed by atoms with E-state index in [1.807, 2.05) is 0 Å². The summed E-state index contributed by atoms with van der Waals surface area (Å²) < 4.78 is 32.0. The van der Waals surface area contributed by atoms with Gasteiger partial charge in [0.15, 0.2) is 0 Å². The van der Waals surface area contributed by atoms with Crippen LogP contribution in [0.2, 0.25) is 0 Å². The van der Waals surface area contributed by atoms with E-state index in [9.17, 15) is 8.42 Å². The molecule has 0 spiro atoms. The van der Waals surface area contributed by atoms with E-state index in [-0.39, 0.29) is 11.4 Å². The minimum atomic E-state index is -3.52. The molecule has 18 heavy (non-hydrogen) atoms. The third-order valence-electron chi connectivity index (χ3n) is 2.24. The van der Waals surface area contributed by atoms with Gasteiger partial charge in [-0.1, -0.05) is 21.1 Å². The first kappa shape index (κ1) is 13.3. The van der Waals surface area contributed by atoms with Crippen molar-refractivity contribution in [3.63, 3.8) is 0 Å². The molecule has 0 unspecified atom stereocenters. The fraction of sp³-hybridized carbons (Fsp3) is 0.182. The van der Waals surface area contributed by atoms with Gasteiger partial charge in [-0.25, -0.2) is 13.1 Å². The van der Waals surface area contributed by atoms with Crippen LogP contribution >= 0.6 is 15.9 Å². The molecule has 0 atom stereocenters. The van der Waals surface area contributed by atoms with Crippen molar-refractivity contribution in [2.45, 2.75) is 18.4 Å². The highest BCUT2D eigenvalue weighted by Crippen LogP contribution is 2.14. The number of hydrogen-bond acceptors (Lipinski definition) is 4. The summed E-state index contributed by atoms with van der Waals surface area (Å²) in [5, 5.41) is 3.72. The second-order valence-electron chi connectivity index (χ2n) is 3.71. The molecule has 0 radical (unpaired) electrons. The molecule has 1 aromatic heterocycles. The zero-order valence-corrected chi connectivity index (χ0v) is 12.0. The Morgan fingerprint density at radius 1 is 1.33 bits per heavy atom. The van der Waals surface area contributed by atoms with Gasteiger partial charge >= 0.3 is 0 Å². The van der Waals surface area contributed by atoms with E-state index < -0.39 is 10.0 Å². The van der Waals surface area contributed by atoms with Gasteiger partial charge in [-0.05, 0) is 31.2 Å². The number of rotatable bonds is 4. The van der Waals surface area contributed by atoms with Gasteiger partial charge < -0.3 is 4.52 Å². The first-order valence-corrected chi connectivity index (χ1v) is 7.42. The molecule has 0 bridgehead atoms. The molecule has 1 N–H and O–H groups in total. The average molecular weight is 331 g/mol. The minimum Gasteiger partial charge on any atom is -0.361 e. The maximum Gasteiger partial charge on any atom is 0.240 e. The van der Waals surface area contributed by atoms with Gasteiger partial charge in [0, 0.05) is 10.5 Å². The van der Waals surface area contributed by atoms with E-state index in [0.717, 1.165) is 4.47 Å². The summed E-state index contributed by atoms with van der Waals surface area (Å²) in [6.45, 7) is 1.86. The summed E-state index contributed by atoms with van der Waals surface area (Å²) in [6, 6.07) is 8.09. The molecule has 1 heterocycles. The largest absolute Gasteiger partial charge is 0.361 e. The first-order valence-electron chi connectivity index (χ1n) is 5.15. The normalized spacial score (nSPS) is 11.7. The molecular weight excluding hydrogens is 320 g/mol. The summed E-state index contributed by atoms with van der Waals surface area (Å²) in [5.74, 6) is 0.646. The minimum absolute atomic E-state index is 0.107. The predicted molar refractivity (Wildman–Crippen MR) is 69.4 cm³/mol. The van der Waals surface area contributed by atoms with Crippen molar-refractivity contribution in [2.75, 3.05) is 0 Å². The van der Waals surface area contributed by atoms with Crippen LogP contribution in [-0.4, -0.2) is 13.6 Å². The predicted octanol–water partition coefficient (Wildman–Crippen LogP) is 2.22. The maximum atomic E-state index is 11.9. The Labute approximate surface area is 113 Å². The fourth-order valence-corrected chi connectivity index (χ4v) is 2.63. The van der Waals surface area contributed by atoms with Gasteiger partial charge in [-0.2, -0.15) is 0 Å². The van der Waals surface area contributed by atoms with Crippen LogP contribution < -0.4 is 4.72 Å². The maximum absolute atomic E-state index is 11.9. The van der Waals surface area contributed by atoms with Gasteiger partial charge in [0.1, 0.15) is 5.76 Å². The highest BCUT2D eigenvalue weighted by molar-refractivity contribution is 9.10. The molecule has 0 aliphatic heterocycles. The Morgan fingerprint density at radius 3 is 2.56 bits per heavy atom. The van der Waals surface area contributed by atoms with Crippen LogP contribution in [-0.2, 0) is 16.6 Å². The number of nitrogens with one attached hydrogen (secondary N) is 1. The zero-order valence-electron chi connectivity index (χ0n) is 9.55. The van der Waals surface area contributed by atoms with Gasteiger partial charge in [0.2, 0.25) is 10.0 Å². The van der Waals surface area contributed by atoms with E-state index in [1.54, 1.807) is 25.1 Å². The lowest BCUT2D eigenvalue weighted by Gasteiger charge is -2.04. The molecule has 0 fully saturated rings. The Hall–Kier alpha value is -1.18. The Bertz CT molecular complexity index is 635. The lowest BCUT2D eigenvalue weighted by molar-refractivity contribution is 0.390. The van der Waals surface area contributed by atoms with E-state index in [4.69, 9.17) is 4.52 Å². The number of aryl methyl sites for hydroxylation is 1. The molecule has 2 aromatic rings. The van der Waals surface area contributed by atoms with Gasteiger partial charge in [0.25, 0.3) is 0 Å². The topological polar surface area (TPSA) is 72.2 Å². The van der Waals surface area contributed by atoms with Crippen LogP contribution in [0, 0.1) is 6.92 Å². The highest BCUT2D eigenvalue weighted by atomic mass is 79.9. The average Bonchev–Trinajstić information content (AvgIpc) is 2.73. The molecule has 0 amide bonds. The molecular formula is C11H11BrN2O3S. The van der Waals surface area contributed by atoms with E-state index >= 15 is 0 Å². The van der Waals surface area contributed by atoms with Gasteiger partial charge in [0.05, 0.1) is 17.1 Å². The van der Waals surface area contributed by atoms with Gasteiger partial charge in [-0.15, -0.1) is 0 Å². The van der Waals surface area contributed by atoms with Crippen LogP contribution in [0.1, 0.15) is 11.5 Å². The first-order chi connectivity index (χ1) is 8.47. The molecule has 0 saturated heterocycles. The number of sulfonamides is 1. The zero-order chi connectivity index (χ0) is 13.2. The number of benzene rings is 1. The molecule has 2 rings (SSSR count). The molecule has 0 saturated carbocycles. The van der Waals surface area contributed by atoms with E-state index in [2.05, 4.69) is 25.8 Å². The lowest BCUT2D eigenvalue weighted by atomic mass is 10.4. The van der Waals surface area contributed by atoms with Gasteiger partial charge in [-0.3, -0.25) is 0 Å². The van der Waals surface area contributed by atoms with Crippen molar-refractivity contribution in [3.05, 3.63) is 46.3 Å². The summed E-state index contributed by atoms with van der Waals surface area (Å²) in [4.78, 5) is 0.214. The van der Waals surface area contributed by atoms with E-state index in [0.29, 0.717) is 11.5 Å². The smallest absolute Gasteiger partial charge is 0.240 e. The molecule has 1 aromatic carbocycles. The second-order valence-corrected chi connectivity index (χ2v) is 6.39. The molecule has 0 aliphatic rings. The van der Waals surface area contributed by atoms with Crippen molar-refractivity contribution in [2.24, 2.45) is 0 Å². The van der Waals surface area contributed by atoms with Crippen molar-refractivity contribution >= 4 is 26.0 Å². The van der Waals surface area contributed by atoms with Crippen molar-refractivity contribution < 1.29 is 12.9 Å². The monoisotopic (exact) mass is 330 g/mol. The Balaban J connectivity index is 2.10. The summed E-state index contributed by atoms with van der Waals surface area (Å²) in [5.41, 5.74) is 0.549. The molecule has 7 heteroatoms. The third-order valence-corrected chi connectivity index (χ3v) is 4.19. The number of nitrogens with zero attached hydrogens (tertiary/aromatic N) is 1. The fourth-order valence-electron chi connectivity index (χ4n) is 1.37. The highest BCUT2D eigenvalue weighted by Gasteiger charge is 2.14. The molecule has 5 nitrogen and oxygen atoms in total. The quantitative estimate of drug-likeness (QED) is 0.932. The number of hydrogen-bond donors (Lipinski definition) is 1. The standard InChI is InChI=1S/C11H11BrN2O3S/c1-8-6-10(14-17-8)7-13-18(15,16)11-4-2-9(12)3-5-11/h2-6,13H,7H2,1H3. The molecule has 0 aliphatic carbocycles. The number of aromatic nitrogens is 1. The second kappa shape index (κ2) is 5.21. The van der Waals surface area contributed by atoms with Crippen molar-refractivity contribution in [1.82, 2.24) is 9.88 Å². The summed E-state index contributed by atoms with van der Waals surface area (Å²) >= 11 is 3.25. The summed E-state index contributed by atoms with van der Waals surface area (Å²) in [6.07, 6.45) is 0.